The van der Waals surface area contributed by atoms with Gasteiger partial charge >= 0.3 is 0 Å². The average molecular weight is 544 g/mol. The third-order valence-electron chi connectivity index (χ3n) is 6.93. The van der Waals surface area contributed by atoms with Gasteiger partial charge in [-0.25, -0.2) is 4.98 Å². The summed E-state index contributed by atoms with van der Waals surface area (Å²) in [6.45, 7) is 6.80. The number of hydrogen-bond donors (Lipinski definition) is 2. The molecule has 1 aliphatic rings. The lowest BCUT2D eigenvalue weighted by molar-refractivity contribution is -0.130. The van der Waals surface area contributed by atoms with Crippen molar-refractivity contribution >= 4 is 22.8 Å². The Labute approximate surface area is 234 Å². The highest BCUT2D eigenvalue weighted by Gasteiger charge is 2.23. The highest BCUT2D eigenvalue weighted by Crippen LogP contribution is 2.23. The van der Waals surface area contributed by atoms with E-state index in [1.807, 2.05) is 84.1 Å². The first-order valence-electron chi connectivity index (χ1n) is 14.0. The number of furan rings is 1. The van der Waals surface area contributed by atoms with Crippen LogP contribution >= 0.6 is 0 Å². The van der Waals surface area contributed by atoms with Crippen LogP contribution in [0, 0.1) is 5.92 Å². The van der Waals surface area contributed by atoms with E-state index in [0.29, 0.717) is 45.6 Å². The number of nitrogens with one attached hydrogen (secondary N) is 2. The molecule has 2 amide bonds. The van der Waals surface area contributed by atoms with E-state index in [0.717, 1.165) is 33.9 Å². The molecule has 210 valence electrons. The monoisotopic (exact) mass is 543 g/mol. The maximum Gasteiger partial charge on any atom is 0.242 e. The molecule has 9 heteroatoms. The third kappa shape index (κ3) is 7.09. The van der Waals surface area contributed by atoms with Crippen molar-refractivity contribution in [2.45, 2.75) is 45.8 Å². The van der Waals surface area contributed by atoms with Crippen molar-refractivity contribution in [3.63, 3.8) is 0 Å². The normalized spacial score (nSPS) is 17.9. The van der Waals surface area contributed by atoms with E-state index < -0.39 is 6.04 Å². The number of ether oxygens (including phenoxy) is 1. The summed E-state index contributed by atoms with van der Waals surface area (Å²) in [5, 5.41) is 7.03. The number of imidazole rings is 1. The van der Waals surface area contributed by atoms with Gasteiger partial charge < -0.3 is 24.4 Å². The Morgan fingerprint density at radius 3 is 2.80 bits per heavy atom. The van der Waals surface area contributed by atoms with Crippen LogP contribution in [0.3, 0.4) is 0 Å². The van der Waals surface area contributed by atoms with Gasteiger partial charge in [0.05, 0.1) is 19.7 Å². The molecule has 0 radical (unpaired) electrons. The van der Waals surface area contributed by atoms with Gasteiger partial charge in [-0.1, -0.05) is 44.2 Å². The van der Waals surface area contributed by atoms with E-state index in [-0.39, 0.29) is 24.3 Å². The fraction of sp³-hybridized carbons (Fsp3) is 0.387. The van der Waals surface area contributed by atoms with Crippen LogP contribution in [-0.4, -0.2) is 58.5 Å². The molecule has 0 unspecified atom stereocenters. The van der Waals surface area contributed by atoms with Crippen molar-refractivity contribution < 1.29 is 18.7 Å². The standard InChI is InChI=1S/C31H37N5O4/c1-22(2)17-27-31(38)33-12-15-36-14-11-32-30(36)24-8-5-9-25(19-24)39-16-6-13-35(21-29(37)34-27)20-26-18-23-7-3-4-10-28(23)40-26/h3-5,7-11,14,18-19,22,27H,6,12-13,15-17,20-21H2,1-2H3,(H,33,38)(H,34,37)/t27-/m1/s1. The van der Waals surface area contributed by atoms with Crippen molar-refractivity contribution in [2.24, 2.45) is 5.92 Å². The summed E-state index contributed by atoms with van der Waals surface area (Å²) < 4.78 is 14.1. The topological polar surface area (TPSA) is 102 Å². The number of carbonyl (C=O) groups is 2. The van der Waals surface area contributed by atoms with Crippen LogP contribution in [0.2, 0.25) is 0 Å². The maximum absolute atomic E-state index is 13.2. The van der Waals surface area contributed by atoms with E-state index in [1.165, 1.54) is 0 Å². The molecule has 2 aromatic carbocycles. The van der Waals surface area contributed by atoms with Crippen LogP contribution < -0.4 is 15.4 Å². The van der Waals surface area contributed by atoms with Gasteiger partial charge in [0, 0.05) is 43.0 Å². The molecule has 0 spiro atoms. The molecule has 5 rings (SSSR count). The summed E-state index contributed by atoms with van der Waals surface area (Å²) in [5.41, 5.74) is 1.77. The van der Waals surface area contributed by atoms with E-state index >= 15 is 0 Å². The van der Waals surface area contributed by atoms with Crippen LogP contribution in [0.4, 0.5) is 0 Å². The van der Waals surface area contributed by atoms with Crippen molar-refractivity contribution in [1.82, 2.24) is 25.1 Å². The van der Waals surface area contributed by atoms with Crippen LogP contribution in [0.25, 0.3) is 22.4 Å². The number of rotatable bonds is 4. The lowest BCUT2D eigenvalue weighted by atomic mass is 10.0. The highest BCUT2D eigenvalue weighted by molar-refractivity contribution is 5.88. The Bertz CT molecular complexity index is 1410. The van der Waals surface area contributed by atoms with Crippen molar-refractivity contribution in [3.05, 3.63) is 72.8 Å². The third-order valence-corrected chi connectivity index (χ3v) is 6.93. The minimum atomic E-state index is -0.610. The van der Waals surface area contributed by atoms with Crippen molar-refractivity contribution in [1.29, 1.82) is 0 Å². The second-order valence-electron chi connectivity index (χ2n) is 10.7. The van der Waals surface area contributed by atoms with Gasteiger partial charge in [0.15, 0.2) is 0 Å². The molecule has 0 saturated carbocycles. The van der Waals surface area contributed by atoms with E-state index in [4.69, 9.17) is 9.15 Å². The number of carbonyl (C=O) groups excluding carboxylic acids is 2. The van der Waals surface area contributed by atoms with Crippen LogP contribution in [0.5, 0.6) is 5.75 Å². The van der Waals surface area contributed by atoms with Gasteiger partial charge in [0.25, 0.3) is 0 Å². The predicted octanol–water partition coefficient (Wildman–Crippen LogP) is 4.23. The summed E-state index contributed by atoms with van der Waals surface area (Å²) >= 11 is 0. The Balaban J connectivity index is 1.37. The largest absolute Gasteiger partial charge is 0.494 e. The Morgan fingerprint density at radius 1 is 1.07 bits per heavy atom. The number of benzene rings is 2. The zero-order valence-corrected chi connectivity index (χ0v) is 23.1. The number of amides is 2. The smallest absolute Gasteiger partial charge is 0.242 e. The average Bonchev–Trinajstić information content (AvgIpc) is 3.56. The van der Waals surface area contributed by atoms with Crippen molar-refractivity contribution in [3.8, 4) is 17.1 Å². The van der Waals surface area contributed by atoms with E-state index in [1.54, 1.807) is 6.20 Å². The fourth-order valence-corrected chi connectivity index (χ4v) is 5.07. The van der Waals surface area contributed by atoms with Gasteiger partial charge in [-0.15, -0.1) is 0 Å². The molecule has 0 saturated heterocycles. The van der Waals surface area contributed by atoms with Gasteiger partial charge in [-0.3, -0.25) is 14.5 Å². The Hall–Kier alpha value is -4.11. The molecule has 40 heavy (non-hydrogen) atoms. The quantitative estimate of drug-likeness (QED) is 0.400. The molecule has 4 aromatic rings. The molecule has 1 aliphatic heterocycles. The van der Waals surface area contributed by atoms with Crippen LogP contribution in [0.1, 0.15) is 32.4 Å². The van der Waals surface area contributed by atoms with Crippen molar-refractivity contribution in [2.75, 3.05) is 26.2 Å². The number of hydrogen-bond acceptors (Lipinski definition) is 6. The number of aromatic nitrogens is 2. The van der Waals surface area contributed by atoms with Crippen LogP contribution in [0.15, 0.2) is 71.4 Å². The van der Waals surface area contributed by atoms with E-state index in [2.05, 4.69) is 15.6 Å². The second kappa shape index (κ2) is 12.8. The Kier molecular flexibility index (Phi) is 8.81. The second-order valence-corrected chi connectivity index (χ2v) is 10.7. The molecule has 2 bridgehead atoms. The number of fused-ring (bicyclic) bond motifs is 5. The lowest BCUT2D eigenvalue weighted by Crippen LogP contribution is -2.50. The SMILES string of the molecule is CC(C)C[C@H]1NC(=O)CN(Cc2cc3ccccc3o2)CCCOc2cccc(c2)-c2nccn2CCNC1=O. The van der Waals surface area contributed by atoms with E-state index in [9.17, 15) is 9.59 Å². The molecular formula is C31H37N5O4. The molecule has 1 atom stereocenters. The fourth-order valence-electron chi connectivity index (χ4n) is 5.07. The molecule has 2 N–H and O–H groups in total. The minimum Gasteiger partial charge on any atom is -0.494 e. The van der Waals surface area contributed by atoms with Gasteiger partial charge in [-0.2, -0.15) is 0 Å². The highest BCUT2D eigenvalue weighted by atomic mass is 16.5. The molecule has 3 heterocycles. The zero-order valence-electron chi connectivity index (χ0n) is 23.1. The first kappa shape index (κ1) is 27.5. The van der Waals surface area contributed by atoms with Crippen LogP contribution in [-0.2, 0) is 22.7 Å². The molecule has 2 aromatic heterocycles. The first-order chi connectivity index (χ1) is 19.4. The summed E-state index contributed by atoms with van der Waals surface area (Å²) in [7, 11) is 0. The first-order valence-corrected chi connectivity index (χ1v) is 14.0. The summed E-state index contributed by atoms with van der Waals surface area (Å²) in [6.07, 6.45) is 4.92. The predicted molar refractivity (Wildman–Crippen MR) is 154 cm³/mol. The van der Waals surface area contributed by atoms with Gasteiger partial charge in [0.1, 0.15) is 29.0 Å². The lowest BCUT2D eigenvalue weighted by Gasteiger charge is -2.24. The van der Waals surface area contributed by atoms with Gasteiger partial charge in [0.2, 0.25) is 11.8 Å². The molecular weight excluding hydrogens is 506 g/mol. The number of nitrogens with zero attached hydrogens (tertiary/aromatic N) is 3. The minimum absolute atomic E-state index is 0.146. The van der Waals surface area contributed by atoms with Gasteiger partial charge in [-0.05, 0) is 43.0 Å². The molecule has 0 fully saturated rings. The molecule has 0 aliphatic carbocycles. The number of para-hydroxylation sites is 1. The summed E-state index contributed by atoms with van der Waals surface area (Å²) in [4.78, 5) is 33.0. The zero-order chi connectivity index (χ0) is 27.9. The Morgan fingerprint density at radius 2 is 1.95 bits per heavy atom. The summed E-state index contributed by atoms with van der Waals surface area (Å²) in [5.74, 6) is 2.24. The molecule has 9 nitrogen and oxygen atoms in total. The maximum atomic E-state index is 13.2. The summed E-state index contributed by atoms with van der Waals surface area (Å²) in [6, 6.07) is 17.2.